The van der Waals surface area contributed by atoms with Crippen LogP contribution in [0.4, 0.5) is 17.6 Å². The molecule has 0 saturated carbocycles. The van der Waals surface area contributed by atoms with E-state index in [9.17, 15) is 17.6 Å². The topological polar surface area (TPSA) is 0 Å². The fourth-order valence-electron chi connectivity index (χ4n) is 0. The molecule has 5 heteroatoms. The van der Waals surface area contributed by atoms with Crippen molar-refractivity contribution in [3.05, 3.63) is 0 Å². The summed E-state index contributed by atoms with van der Waals surface area (Å²) in [5, 5.41) is 0. The van der Waals surface area contributed by atoms with Gasteiger partial charge in [0.2, 0.25) is 0 Å². The summed E-state index contributed by atoms with van der Waals surface area (Å²) in [5.74, 6) is -3.98. The molecular weight excluding hydrogens is 192 g/mol. The monoisotopic (exact) mass is 194 g/mol. The van der Waals surface area contributed by atoms with Crippen LogP contribution in [0.25, 0.3) is 0 Å². The predicted molar refractivity (Wildman–Crippen MR) is 24.5 cm³/mol. The van der Waals surface area contributed by atoms with Gasteiger partial charge in [0.05, 0.1) is 0 Å². The molecule has 0 atom stereocenters. The molecule has 0 aliphatic carbocycles. The van der Waals surface area contributed by atoms with E-state index in [1.165, 1.54) is 15.9 Å². The summed E-state index contributed by atoms with van der Waals surface area (Å²) < 4.78 is 45.7. The molecule has 0 aliphatic rings. The maximum atomic E-state index is 11.4. The molecule has 0 fully saturated rings. The minimum absolute atomic E-state index is 0.141. The van der Waals surface area contributed by atoms with Crippen LogP contribution in [0, 0.1) is 0 Å². The van der Waals surface area contributed by atoms with Crippen LogP contribution in [0.15, 0.2) is 0 Å². The van der Waals surface area contributed by atoms with E-state index in [-0.39, 0.29) is 6.92 Å². The normalized spacial score (nSPS) is 14.2. The summed E-state index contributed by atoms with van der Waals surface area (Å²) in [5.41, 5.74) is 0. The first-order chi connectivity index (χ1) is 3.25. The molecule has 0 radical (unpaired) electrons. The van der Waals surface area contributed by atoms with E-state index in [0.717, 1.165) is 0 Å². The maximum absolute atomic E-state index is 11.4. The largest absolute Gasteiger partial charge is 0.363 e. The average Bonchev–Trinajstić information content (AvgIpc) is 1.25. The van der Waals surface area contributed by atoms with Gasteiger partial charge < -0.3 is 0 Å². The molecule has 0 rings (SSSR count). The quantitative estimate of drug-likeness (QED) is 0.445. The van der Waals surface area contributed by atoms with E-state index >= 15 is 0 Å². The van der Waals surface area contributed by atoms with E-state index in [1.54, 1.807) is 0 Å². The van der Waals surface area contributed by atoms with Crippen molar-refractivity contribution in [1.29, 1.82) is 0 Å². The molecule has 0 aromatic rings. The lowest BCUT2D eigenvalue weighted by Gasteiger charge is -2.15. The molecule has 0 saturated heterocycles. The van der Waals surface area contributed by atoms with Crippen LogP contribution < -0.4 is 0 Å². The third kappa shape index (κ3) is 1.98. The fourth-order valence-corrected chi connectivity index (χ4v) is 0. The Morgan fingerprint density at radius 1 is 1.12 bits per heavy atom. The first-order valence-corrected chi connectivity index (χ1v) is 2.49. The van der Waals surface area contributed by atoms with Gasteiger partial charge in [-0.15, -0.1) is 0 Å². The number of hydrogen-bond acceptors (Lipinski definition) is 0. The molecule has 0 aromatic heterocycles. The van der Waals surface area contributed by atoms with Crippen LogP contribution in [-0.4, -0.2) is 10.8 Å². The highest BCUT2D eigenvalue weighted by Gasteiger charge is 2.49. The first-order valence-electron chi connectivity index (χ1n) is 1.69. The highest BCUT2D eigenvalue weighted by molar-refractivity contribution is 9.10. The van der Waals surface area contributed by atoms with Crippen molar-refractivity contribution in [2.45, 2.75) is 17.7 Å². The number of rotatable bonds is 1. The van der Waals surface area contributed by atoms with Gasteiger partial charge in [-0.3, -0.25) is 0 Å². The van der Waals surface area contributed by atoms with Crippen LogP contribution >= 0.6 is 15.9 Å². The molecule has 0 bridgehead atoms. The highest BCUT2D eigenvalue weighted by Crippen LogP contribution is 2.38. The van der Waals surface area contributed by atoms with Gasteiger partial charge in [0.1, 0.15) is 0 Å². The molecule has 50 valence electrons. The van der Waals surface area contributed by atoms with Crippen molar-refractivity contribution >= 4 is 15.9 Å². The number of hydrogen-bond donors (Lipinski definition) is 0. The molecule has 0 spiro atoms. The van der Waals surface area contributed by atoms with Crippen LogP contribution in [-0.2, 0) is 0 Å². The standard InChI is InChI=1S/C3H3BrF4/c1-2(5,6)3(4,7)8/h1H3. The minimum Gasteiger partial charge on any atom is -0.199 e. The van der Waals surface area contributed by atoms with Gasteiger partial charge in [0.15, 0.2) is 0 Å². The molecule has 0 aromatic carbocycles. The third-order valence-electron chi connectivity index (χ3n) is 0.498. The Morgan fingerprint density at radius 2 is 1.25 bits per heavy atom. The van der Waals surface area contributed by atoms with Crippen LogP contribution in [0.1, 0.15) is 6.92 Å². The van der Waals surface area contributed by atoms with E-state index in [4.69, 9.17) is 0 Å². The predicted octanol–water partition coefficient (Wildman–Crippen LogP) is 2.63. The van der Waals surface area contributed by atoms with Crippen LogP contribution in [0.5, 0.6) is 0 Å². The Kier molecular flexibility index (Phi) is 1.91. The zero-order valence-electron chi connectivity index (χ0n) is 3.89. The summed E-state index contributed by atoms with van der Waals surface area (Å²) in [6.07, 6.45) is 0. The maximum Gasteiger partial charge on any atom is 0.363 e. The van der Waals surface area contributed by atoms with Gasteiger partial charge in [-0.25, -0.2) is 0 Å². The van der Waals surface area contributed by atoms with Crippen molar-refractivity contribution in [3.8, 4) is 0 Å². The lowest BCUT2D eigenvalue weighted by Crippen LogP contribution is -2.30. The number of alkyl halides is 5. The van der Waals surface area contributed by atoms with Gasteiger partial charge in [-0.1, -0.05) is 0 Å². The lowest BCUT2D eigenvalue weighted by atomic mass is 10.4. The molecule has 8 heavy (non-hydrogen) atoms. The van der Waals surface area contributed by atoms with E-state index < -0.39 is 10.8 Å². The van der Waals surface area contributed by atoms with Crippen molar-refractivity contribution < 1.29 is 17.6 Å². The molecule has 0 aliphatic heterocycles. The minimum atomic E-state index is -4.08. The Bertz CT molecular complexity index is 66.3. The zero-order valence-corrected chi connectivity index (χ0v) is 5.48. The van der Waals surface area contributed by atoms with E-state index in [0.29, 0.717) is 0 Å². The smallest absolute Gasteiger partial charge is 0.199 e. The summed E-state index contributed by atoms with van der Waals surface area (Å²) in [6.45, 7) is 0.141. The lowest BCUT2D eigenvalue weighted by molar-refractivity contribution is -0.133. The van der Waals surface area contributed by atoms with Crippen molar-refractivity contribution in [1.82, 2.24) is 0 Å². The van der Waals surface area contributed by atoms with Crippen LogP contribution in [0.2, 0.25) is 0 Å². The Balaban J connectivity index is 4.02. The van der Waals surface area contributed by atoms with Crippen LogP contribution in [0.3, 0.4) is 0 Å². The molecule has 0 N–H and O–H groups in total. The molecule has 0 heterocycles. The second-order valence-electron chi connectivity index (χ2n) is 1.39. The average molecular weight is 195 g/mol. The fraction of sp³-hybridized carbons (Fsp3) is 1.00. The zero-order chi connectivity index (χ0) is 7.00. The summed E-state index contributed by atoms with van der Waals surface area (Å²) in [4.78, 5) is -4.08. The second kappa shape index (κ2) is 1.86. The summed E-state index contributed by atoms with van der Waals surface area (Å²) >= 11 is 1.52. The van der Waals surface area contributed by atoms with E-state index in [1.807, 2.05) is 0 Å². The molecular formula is C3H3BrF4. The second-order valence-corrected chi connectivity index (χ2v) is 2.38. The Hall–Kier alpha value is 0.200. The number of halogens is 5. The van der Waals surface area contributed by atoms with Gasteiger partial charge >= 0.3 is 10.8 Å². The molecule has 0 amide bonds. The van der Waals surface area contributed by atoms with Gasteiger partial charge in [-0.2, -0.15) is 17.6 Å². The van der Waals surface area contributed by atoms with Gasteiger partial charge in [0, 0.05) is 6.92 Å². The Morgan fingerprint density at radius 3 is 1.25 bits per heavy atom. The van der Waals surface area contributed by atoms with Gasteiger partial charge in [0.25, 0.3) is 0 Å². The first kappa shape index (κ1) is 8.20. The van der Waals surface area contributed by atoms with Crippen molar-refractivity contribution in [2.75, 3.05) is 0 Å². The SMILES string of the molecule is CC(F)(F)C(F)(F)Br. The summed E-state index contributed by atoms with van der Waals surface area (Å²) in [7, 11) is 0. The highest BCUT2D eigenvalue weighted by atomic mass is 79.9. The Labute approximate surface area is 52.0 Å². The van der Waals surface area contributed by atoms with Gasteiger partial charge in [-0.05, 0) is 15.9 Å². The molecule has 0 nitrogen and oxygen atoms in total. The van der Waals surface area contributed by atoms with Crippen molar-refractivity contribution in [3.63, 3.8) is 0 Å². The van der Waals surface area contributed by atoms with E-state index in [2.05, 4.69) is 0 Å². The molecule has 0 unspecified atom stereocenters. The third-order valence-corrected chi connectivity index (χ3v) is 1.19. The summed E-state index contributed by atoms with van der Waals surface area (Å²) in [6, 6.07) is 0. The van der Waals surface area contributed by atoms with Crippen molar-refractivity contribution in [2.24, 2.45) is 0 Å².